The second kappa shape index (κ2) is 5.25. The molecule has 0 amide bonds. The summed E-state index contributed by atoms with van der Waals surface area (Å²) < 4.78 is 5.92. The predicted molar refractivity (Wildman–Crippen MR) is 66.9 cm³/mol. The number of aromatic nitrogens is 1. The fraction of sp³-hybridized carbons (Fsp3) is 0.750. The predicted octanol–water partition coefficient (Wildman–Crippen LogP) is 2.23. The maximum absolute atomic E-state index is 5.92. The largest absolute Gasteiger partial charge is 0.374 e. The molecule has 1 aromatic rings. The molecule has 0 saturated carbocycles. The van der Waals surface area contributed by atoms with Crippen molar-refractivity contribution in [3.63, 3.8) is 0 Å². The van der Waals surface area contributed by atoms with Crippen LogP contribution in [0.1, 0.15) is 31.7 Å². The average molecular weight is 240 g/mol. The smallest absolute Gasteiger partial charge is 0.0941 e. The van der Waals surface area contributed by atoms with E-state index >= 15 is 0 Å². The van der Waals surface area contributed by atoms with Gasteiger partial charge in [0.15, 0.2) is 0 Å². The Kier molecular flexibility index (Phi) is 3.95. The normalized spacial score (nSPS) is 27.1. The second-order valence-corrected chi connectivity index (χ2v) is 5.48. The minimum Gasteiger partial charge on any atom is -0.374 e. The molecule has 1 N–H and O–H groups in total. The zero-order valence-corrected chi connectivity index (χ0v) is 10.8. The number of nitrogens with one attached hydrogen (secondary N) is 1. The Hall–Kier alpha value is -0.450. The van der Waals surface area contributed by atoms with Gasteiger partial charge in [-0.25, -0.2) is 4.98 Å². The zero-order valence-electron chi connectivity index (χ0n) is 10.0. The Labute approximate surface area is 101 Å². The second-order valence-electron chi connectivity index (χ2n) is 4.50. The van der Waals surface area contributed by atoms with Gasteiger partial charge in [-0.05, 0) is 26.3 Å². The van der Waals surface area contributed by atoms with Gasteiger partial charge >= 0.3 is 0 Å². The van der Waals surface area contributed by atoms with E-state index in [9.17, 15) is 0 Å². The van der Waals surface area contributed by atoms with Crippen molar-refractivity contribution >= 4 is 11.3 Å². The van der Waals surface area contributed by atoms with Crippen LogP contribution in [0.25, 0.3) is 0 Å². The molecule has 2 unspecified atom stereocenters. The van der Waals surface area contributed by atoms with Crippen molar-refractivity contribution in [1.29, 1.82) is 0 Å². The van der Waals surface area contributed by atoms with Gasteiger partial charge in [-0.15, -0.1) is 11.3 Å². The van der Waals surface area contributed by atoms with E-state index in [0.29, 0.717) is 6.04 Å². The van der Waals surface area contributed by atoms with E-state index in [1.165, 1.54) is 11.4 Å². The number of thiazole rings is 1. The first-order valence-electron chi connectivity index (χ1n) is 6.00. The van der Waals surface area contributed by atoms with Crippen LogP contribution in [0.3, 0.4) is 0 Å². The van der Waals surface area contributed by atoms with Gasteiger partial charge in [0.05, 0.1) is 10.6 Å². The number of likely N-dealkylation sites (N-methyl/N-ethyl adjacent to an activating group) is 1. The molecule has 0 aromatic carbocycles. The van der Waals surface area contributed by atoms with Gasteiger partial charge in [-0.2, -0.15) is 0 Å². The van der Waals surface area contributed by atoms with Gasteiger partial charge in [-0.3, -0.25) is 0 Å². The summed E-state index contributed by atoms with van der Waals surface area (Å²) in [6, 6.07) is 0.381. The highest BCUT2D eigenvalue weighted by atomic mass is 32.1. The summed E-state index contributed by atoms with van der Waals surface area (Å²) in [6.07, 6.45) is 5.18. The van der Waals surface area contributed by atoms with Crippen molar-refractivity contribution in [2.45, 2.75) is 44.8 Å². The van der Waals surface area contributed by atoms with Gasteiger partial charge in [0.25, 0.3) is 0 Å². The van der Waals surface area contributed by atoms with Gasteiger partial charge < -0.3 is 10.1 Å². The van der Waals surface area contributed by atoms with Crippen molar-refractivity contribution in [3.8, 4) is 0 Å². The van der Waals surface area contributed by atoms with Crippen LogP contribution in [0, 0.1) is 0 Å². The molecular formula is C12H20N2OS. The average Bonchev–Trinajstić information content (AvgIpc) is 2.89. The standard InChI is InChI=1S/C12H20N2OS/c1-3-13-10(9-11-14-6-8-16-11)12(2)5-4-7-15-12/h6,8,10,13H,3-5,7,9H2,1-2H3. The molecule has 16 heavy (non-hydrogen) atoms. The van der Waals surface area contributed by atoms with Gasteiger partial charge in [0.1, 0.15) is 0 Å². The van der Waals surface area contributed by atoms with Crippen molar-refractivity contribution in [1.82, 2.24) is 10.3 Å². The fourth-order valence-corrected chi connectivity index (χ4v) is 3.02. The summed E-state index contributed by atoms with van der Waals surface area (Å²) in [5.41, 5.74) is -0.0122. The molecule has 0 aliphatic carbocycles. The lowest BCUT2D eigenvalue weighted by molar-refractivity contribution is -0.0110. The lowest BCUT2D eigenvalue weighted by Crippen LogP contribution is -2.49. The maximum Gasteiger partial charge on any atom is 0.0941 e. The van der Waals surface area contributed by atoms with E-state index in [4.69, 9.17) is 4.74 Å². The SMILES string of the molecule is CCNC(Cc1nccs1)C1(C)CCCO1. The van der Waals surface area contributed by atoms with Crippen LogP contribution in [-0.4, -0.2) is 29.8 Å². The van der Waals surface area contributed by atoms with E-state index in [2.05, 4.69) is 24.1 Å². The molecule has 2 atom stereocenters. The van der Waals surface area contributed by atoms with Crippen molar-refractivity contribution in [2.24, 2.45) is 0 Å². The van der Waals surface area contributed by atoms with E-state index < -0.39 is 0 Å². The van der Waals surface area contributed by atoms with Crippen LogP contribution in [0.2, 0.25) is 0 Å². The van der Waals surface area contributed by atoms with Crippen molar-refractivity contribution in [3.05, 3.63) is 16.6 Å². The quantitative estimate of drug-likeness (QED) is 0.857. The minimum absolute atomic E-state index is 0.0122. The van der Waals surface area contributed by atoms with E-state index in [1.54, 1.807) is 11.3 Å². The topological polar surface area (TPSA) is 34.2 Å². The van der Waals surface area contributed by atoms with Crippen LogP contribution in [0.15, 0.2) is 11.6 Å². The molecule has 1 saturated heterocycles. The highest BCUT2D eigenvalue weighted by Crippen LogP contribution is 2.30. The summed E-state index contributed by atoms with van der Waals surface area (Å²) in [4.78, 5) is 4.36. The molecule has 2 rings (SSSR count). The number of hydrogen-bond donors (Lipinski definition) is 1. The number of nitrogens with zero attached hydrogens (tertiary/aromatic N) is 1. The first kappa shape index (κ1) is 12.0. The van der Waals surface area contributed by atoms with Crippen molar-refractivity contribution < 1.29 is 4.74 Å². The highest BCUT2D eigenvalue weighted by Gasteiger charge is 2.38. The third kappa shape index (κ3) is 2.62. The summed E-state index contributed by atoms with van der Waals surface area (Å²) in [7, 11) is 0. The summed E-state index contributed by atoms with van der Waals surface area (Å²) in [6.45, 7) is 6.25. The molecule has 1 aliphatic rings. The zero-order chi connectivity index (χ0) is 11.4. The molecule has 1 aliphatic heterocycles. The van der Waals surface area contributed by atoms with Crippen molar-refractivity contribution in [2.75, 3.05) is 13.2 Å². The fourth-order valence-electron chi connectivity index (χ4n) is 2.35. The Bertz CT molecular complexity index is 307. The molecule has 0 spiro atoms. The highest BCUT2D eigenvalue weighted by molar-refractivity contribution is 7.09. The molecule has 0 radical (unpaired) electrons. The Balaban J connectivity index is 2.04. The number of rotatable bonds is 5. The molecule has 2 heterocycles. The van der Waals surface area contributed by atoms with Gasteiger partial charge in [0.2, 0.25) is 0 Å². The third-order valence-corrected chi connectivity index (χ3v) is 4.10. The minimum atomic E-state index is -0.0122. The summed E-state index contributed by atoms with van der Waals surface area (Å²) in [5.74, 6) is 0. The van der Waals surface area contributed by atoms with Crippen LogP contribution >= 0.6 is 11.3 Å². The first-order valence-corrected chi connectivity index (χ1v) is 6.88. The maximum atomic E-state index is 5.92. The number of hydrogen-bond acceptors (Lipinski definition) is 4. The Morgan fingerprint density at radius 2 is 2.56 bits per heavy atom. The third-order valence-electron chi connectivity index (χ3n) is 3.30. The monoisotopic (exact) mass is 240 g/mol. The van der Waals surface area contributed by atoms with Crippen LogP contribution < -0.4 is 5.32 Å². The molecule has 0 bridgehead atoms. The lowest BCUT2D eigenvalue weighted by Gasteiger charge is -2.33. The van der Waals surface area contributed by atoms with Crippen LogP contribution in [0.5, 0.6) is 0 Å². The first-order chi connectivity index (χ1) is 7.74. The van der Waals surface area contributed by atoms with E-state index in [-0.39, 0.29) is 5.60 Å². The molecule has 1 fully saturated rings. The molecule has 3 nitrogen and oxygen atoms in total. The Morgan fingerprint density at radius 3 is 3.12 bits per heavy atom. The van der Waals surface area contributed by atoms with E-state index in [1.807, 2.05) is 11.6 Å². The van der Waals surface area contributed by atoms with E-state index in [0.717, 1.165) is 26.0 Å². The summed E-state index contributed by atoms with van der Waals surface area (Å²) >= 11 is 1.73. The Morgan fingerprint density at radius 1 is 1.69 bits per heavy atom. The van der Waals surface area contributed by atoms with Gasteiger partial charge in [-0.1, -0.05) is 6.92 Å². The molecule has 1 aromatic heterocycles. The van der Waals surface area contributed by atoms with Crippen LogP contribution in [-0.2, 0) is 11.2 Å². The summed E-state index contributed by atoms with van der Waals surface area (Å²) in [5, 5.41) is 6.78. The lowest BCUT2D eigenvalue weighted by atomic mass is 9.91. The van der Waals surface area contributed by atoms with Crippen LogP contribution in [0.4, 0.5) is 0 Å². The molecule has 90 valence electrons. The molecule has 4 heteroatoms. The number of ether oxygens (including phenoxy) is 1. The molecular weight excluding hydrogens is 220 g/mol. The van der Waals surface area contributed by atoms with Gasteiger partial charge in [0, 0.05) is 30.6 Å².